The highest BCUT2D eigenvalue weighted by Crippen LogP contribution is 2.35. The Labute approximate surface area is 203 Å². The molecule has 0 radical (unpaired) electrons. The SMILES string of the molecule is COc1ccc(C(=O)NC2(C(=O)O)Cc3cccc(Cl)c3C2)cc1OCCc1cccc(C)c1. The zero-order valence-electron chi connectivity index (χ0n) is 19.1. The third-order valence-electron chi connectivity index (χ3n) is 6.11. The molecule has 1 atom stereocenters. The molecule has 1 aliphatic rings. The summed E-state index contributed by atoms with van der Waals surface area (Å²) in [5.74, 6) is -0.688. The number of rotatable bonds is 8. The minimum absolute atomic E-state index is 0.124. The van der Waals surface area contributed by atoms with E-state index in [4.69, 9.17) is 21.1 Å². The van der Waals surface area contributed by atoms with Crippen LogP contribution in [0.5, 0.6) is 11.5 Å². The lowest BCUT2D eigenvalue weighted by Gasteiger charge is -2.25. The summed E-state index contributed by atoms with van der Waals surface area (Å²) in [7, 11) is 1.53. The van der Waals surface area contributed by atoms with Gasteiger partial charge < -0.3 is 19.9 Å². The first-order chi connectivity index (χ1) is 16.3. The molecule has 3 aromatic rings. The summed E-state index contributed by atoms with van der Waals surface area (Å²) < 4.78 is 11.3. The average molecular weight is 480 g/mol. The van der Waals surface area contributed by atoms with Gasteiger partial charge in [-0.3, -0.25) is 4.79 Å². The van der Waals surface area contributed by atoms with Crippen LogP contribution in [0.3, 0.4) is 0 Å². The first kappa shape index (κ1) is 23.6. The minimum Gasteiger partial charge on any atom is -0.493 e. The molecule has 7 heteroatoms. The molecule has 0 heterocycles. The number of fused-ring (bicyclic) bond motifs is 1. The zero-order valence-corrected chi connectivity index (χ0v) is 19.8. The maximum Gasteiger partial charge on any atom is 0.330 e. The number of amides is 1. The largest absolute Gasteiger partial charge is 0.493 e. The fourth-order valence-corrected chi connectivity index (χ4v) is 4.58. The van der Waals surface area contributed by atoms with Crippen LogP contribution in [0.15, 0.2) is 60.7 Å². The first-order valence-electron chi connectivity index (χ1n) is 11.0. The van der Waals surface area contributed by atoms with Crippen LogP contribution in [-0.4, -0.2) is 36.2 Å². The van der Waals surface area contributed by atoms with Crippen molar-refractivity contribution >= 4 is 23.5 Å². The molecular weight excluding hydrogens is 454 g/mol. The molecule has 0 aliphatic heterocycles. The molecule has 1 aliphatic carbocycles. The summed E-state index contributed by atoms with van der Waals surface area (Å²) in [6.07, 6.45) is 0.988. The highest BCUT2D eigenvalue weighted by molar-refractivity contribution is 6.31. The fourth-order valence-electron chi connectivity index (χ4n) is 4.32. The van der Waals surface area contributed by atoms with Crippen LogP contribution in [0.4, 0.5) is 0 Å². The lowest BCUT2D eigenvalue weighted by atomic mass is 9.95. The number of carboxylic acid groups (broad SMARTS) is 1. The molecule has 0 saturated carbocycles. The fraction of sp³-hybridized carbons (Fsp3) is 0.259. The van der Waals surface area contributed by atoms with Gasteiger partial charge in [0.25, 0.3) is 5.91 Å². The number of nitrogens with one attached hydrogen (secondary N) is 1. The van der Waals surface area contributed by atoms with E-state index < -0.39 is 17.4 Å². The number of carbonyl (C=O) groups excluding carboxylic acids is 1. The Bertz CT molecular complexity index is 1240. The molecule has 1 unspecified atom stereocenters. The molecule has 4 rings (SSSR count). The lowest BCUT2D eigenvalue weighted by Crippen LogP contribution is -2.55. The van der Waals surface area contributed by atoms with Crippen molar-refractivity contribution in [3.63, 3.8) is 0 Å². The van der Waals surface area contributed by atoms with Crippen molar-refractivity contribution in [1.29, 1.82) is 0 Å². The van der Waals surface area contributed by atoms with Gasteiger partial charge in [0.2, 0.25) is 0 Å². The van der Waals surface area contributed by atoms with Crippen molar-refractivity contribution in [1.82, 2.24) is 5.32 Å². The number of benzene rings is 3. The van der Waals surface area contributed by atoms with Crippen molar-refractivity contribution in [2.45, 2.75) is 31.7 Å². The maximum absolute atomic E-state index is 13.1. The smallest absolute Gasteiger partial charge is 0.330 e. The van der Waals surface area contributed by atoms with Crippen molar-refractivity contribution in [3.8, 4) is 11.5 Å². The zero-order chi connectivity index (χ0) is 24.3. The standard InChI is InChI=1S/C27H26ClNO5/c1-17-5-3-6-18(13-17)11-12-34-24-14-19(9-10-23(24)33-2)25(30)29-27(26(31)32)15-20-7-4-8-22(28)21(20)16-27/h3-10,13-14H,11-12,15-16H2,1-2H3,(H,29,30)(H,31,32). The molecule has 0 fully saturated rings. The van der Waals surface area contributed by atoms with E-state index in [1.54, 1.807) is 30.3 Å². The van der Waals surface area contributed by atoms with Crippen molar-refractivity contribution in [2.24, 2.45) is 0 Å². The van der Waals surface area contributed by atoms with Crippen LogP contribution < -0.4 is 14.8 Å². The highest BCUT2D eigenvalue weighted by atomic mass is 35.5. The molecule has 1 amide bonds. The Balaban J connectivity index is 1.50. The molecule has 6 nitrogen and oxygen atoms in total. The van der Waals surface area contributed by atoms with Crippen LogP contribution in [0.1, 0.15) is 32.6 Å². The highest BCUT2D eigenvalue weighted by Gasteiger charge is 2.46. The van der Waals surface area contributed by atoms with Gasteiger partial charge in [-0.25, -0.2) is 4.79 Å². The summed E-state index contributed by atoms with van der Waals surface area (Å²) in [5.41, 5.74) is 2.73. The topological polar surface area (TPSA) is 84.9 Å². The normalized spacial score (nSPS) is 16.6. The van der Waals surface area contributed by atoms with Gasteiger partial charge in [0.15, 0.2) is 11.5 Å². The number of halogens is 1. The van der Waals surface area contributed by atoms with Crippen LogP contribution in [-0.2, 0) is 24.1 Å². The summed E-state index contributed by atoms with van der Waals surface area (Å²) in [5, 5.41) is 13.2. The number of hydrogen-bond donors (Lipinski definition) is 2. The molecule has 3 aromatic carbocycles. The van der Waals surface area contributed by atoms with Gasteiger partial charge in [-0.15, -0.1) is 0 Å². The quantitative estimate of drug-likeness (QED) is 0.492. The minimum atomic E-state index is -1.46. The van der Waals surface area contributed by atoms with Gasteiger partial charge >= 0.3 is 5.97 Å². The number of carboxylic acids is 1. The molecule has 0 spiro atoms. The Morgan fingerprint density at radius 2 is 1.85 bits per heavy atom. The number of ether oxygens (including phenoxy) is 2. The Morgan fingerprint density at radius 1 is 1.06 bits per heavy atom. The van der Waals surface area contributed by atoms with Gasteiger partial charge in [0.05, 0.1) is 13.7 Å². The van der Waals surface area contributed by atoms with Gasteiger partial charge in [-0.2, -0.15) is 0 Å². The molecule has 34 heavy (non-hydrogen) atoms. The van der Waals surface area contributed by atoms with E-state index in [0.717, 1.165) is 16.7 Å². The first-order valence-corrected chi connectivity index (χ1v) is 11.4. The van der Waals surface area contributed by atoms with E-state index in [-0.39, 0.29) is 18.4 Å². The predicted octanol–water partition coefficient (Wildman–Crippen LogP) is 4.63. The van der Waals surface area contributed by atoms with Crippen molar-refractivity contribution in [2.75, 3.05) is 13.7 Å². The van der Waals surface area contributed by atoms with E-state index in [0.29, 0.717) is 29.5 Å². The molecule has 0 aromatic heterocycles. The summed E-state index contributed by atoms with van der Waals surface area (Å²) in [6.45, 7) is 2.44. The number of aryl methyl sites for hydroxylation is 1. The average Bonchev–Trinajstić information content (AvgIpc) is 3.20. The molecular formula is C27H26ClNO5. The van der Waals surface area contributed by atoms with Crippen LogP contribution >= 0.6 is 11.6 Å². The van der Waals surface area contributed by atoms with Crippen LogP contribution in [0, 0.1) is 6.92 Å². The van der Waals surface area contributed by atoms with Crippen LogP contribution in [0.25, 0.3) is 0 Å². The Kier molecular flexibility index (Phi) is 6.80. The number of aliphatic carboxylic acids is 1. The maximum atomic E-state index is 13.1. The summed E-state index contributed by atoms with van der Waals surface area (Å²) >= 11 is 6.27. The van der Waals surface area contributed by atoms with E-state index in [2.05, 4.69) is 11.4 Å². The third kappa shape index (κ3) is 4.87. The lowest BCUT2D eigenvalue weighted by molar-refractivity contribution is -0.144. The van der Waals surface area contributed by atoms with E-state index in [1.807, 2.05) is 31.2 Å². The molecule has 0 saturated heterocycles. The second kappa shape index (κ2) is 9.77. The van der Waals surface area contributed by atoms with Gasteiger partial charge in [-0.05, 0) is 47.9 Å². The number of methoxy groups -OCH3 is 1. The number of hydrogen-bond acceptors (Lipinski definition) is 4. The van der Waals surface area contributed by atoms with E-state index >= 15 is 0 Å². The molecule has 0 bridgehead atoms. The summed E-state index contributed by atoms with van der Waals surface area (Å²) in [6, 6.07) is 18.3. The van der Waals surface area contributed by atoms with Gasteiger partial charge in [-0.1, -0.05) is 53.6 Å². The Hall–Kier alpha value is -3.51. The molecule has 176 valence electrons. The second-order valence-corrected chi connectivity index (χ2v) is 8.93. The van der Waals surface area contributed by atoms with Crippen molar-refractivity contribution < 1.29 is 24.2 Å². The van der Waals surface area contributed by atoms with E-state index in [9.17, 15) is 14.7 Å². The summed E-state index contributed by atoms with van der Waals surface area (Å²) in [4.78, 5) is 25.4. The second-order valence-electron chi connectivity index (χ2n) is 8.53. The third-order valence-corrected chi connectivity index (χ3v) is 6.46. The van der Waals surface area contributed by atoms with Gasteiger partial charge in [0.1, 0.15) is 5.54 Å². The number of carbonyl (C=O) groups is 2. The van der Waals surface area contributed by atoms with E-state index in [1.165, 1.54) is 12.7 Å². The monoisotopic (exact) mass is 479 g/mol. The van der Waals surface area contributed by atoms with Gasteiger partial charge in [0, 0.05) is 29.8 Å². The predicted molar refractivity (Wildman–Crippen MR) is 130 cm³/mol. The van der Waals surface area contributed by atoms with Crippen molar-refractivity contribution in [3.05, 3.63) is 93.5 Å². The van der Waals surface area contributed by atoms with Crippen LogP contribution in [0.2, 0.25) is 5.02 Å². The Morgan fingerprint density at radius 3 is 2.56 bits per heavy atom. The molecule has 2 N–H and O–H groups in total.